The Bertz CT molecular complexity index is 696. The fourth-order valence-corrected chi connectivity index (χ4v) is 2.49. The van der Waals surface area contributed by atoms with E-state index in [1.807, 2.05) is 18.2 Å². The fourth-order valence-electron chi connectivity index (χ4n) is 2.49. The first-order chi connectivity index (χ1) is 10.6. The number of benzene rings is 2. The summed E-state index contributed by atoms with van der Waals surface area (Å²) in [5.74, 6) is 0.975. The molecule has 0 saturated heterocycles. The summed E-state index contributed by atoms with van der Waals surface area (Å²) >= 11 is 0. The molecule has 1 unspecified atom stereocenters. The lowest BCUT2D eigenvalue weighted by atomic mass is 10.1. The molecule has 0 aliphatic carbocycles. The van der Waals surface area contributed by atoms with Crippen molar-refractivity contribution in [1.82, 2.24) is 0 Å². The van der Waals surface area contributed by atoms with Crippen LogP contribution in [0.25, 0.3) is 0 Å². The van der Waals surface area contributed by atoms with E-state index in [2.05, 4.69) is 72.6 Å². The first kappa shape index (κ1) is 14.4. The largest absolute Gasteiger partial charge is 0.342 e. The number of aryl methyl sites for hydroxylation is 2. The monoisotopic (exact) mass is 291 g/mol. The van der Waals surface area contributed by atoms with Crippen LogP contribution in [0.4, 0.5) is 11.4 Å². The average molecular weight is 291 g/mol. The van der Waals surface area contributed by atoms with Crippen molar-refractivity contribution in [3.05, 3.63) is 83.7 Å². The molecule has 3 rings (SSSR count). The van der Waals surface area contributed by atoms with Crippen molar-refractivity contribution in [3.63, 3.8) is 0 Å². The summed E-state index contributed by atoms with van der Waals surface area (Å²) < 4.78 is 0. The predicted molar refractivity (Wildman–Crippen MR) is 93.7 cm³/mol. The van der Waals surface area contributed by atoms with Crippen LogP contribution in [0.5, 0.6) is 0 Å². The molecule has 0 aromatic heterocycles. The minimum absolute atomic E-state index is 0.180. The molecule has 3 heteroatoms. The molecule has 2 aromatic carbocycles. The number of rotatable bonds is 3. The van der Waals surface area contributed by atoms with Crippen molar-refractivity contribution in [2.24, 2.45) is 5.73 Å². The van der Waals surface area contributed by atoms with Crippen LogP contribution in [0, 0.1) is 13.8 Å². The van der Waals surface area contributed by atoms with Crippen LogP contribution in [0.3, 0.4) is 0 Å². The predicted octanol–water partition coefficient (Wildman–Crippen LogP) is 3.92. The Kier molecular flexibility index (Phi) is 3.98. The van der Waals surface area contributed by atoms with Gasteiger partial charge in [-0.2, -0.15) is 0 Å². The lowest BCUT2D eigenvalue weighted by molar-refractivity contribution is 0.778. The van der Waals surface area contributed by atoms with Crippen LogP contribution in [0.1, 0.15) is 11.1 Å². The Hall–Kier alpha value is -2.52. The van der Waals surface area contributed by atoms with E-state index in [4.69, 9.17) is 5.73 Å². The fraction of sp³-hybridized carbons (Fsp3) is 0.158. The second kappa shape index (κ2) is 6.08. The van der Waals surface area contributed by atoms with Crippen LogP contribution in [-0.4, -0.2) is 6.17 Å². The smallest absolute Gasteiger partial charge is 0.112 e. The molecule has 2 aromatic rings. The standard InChI is InChI=1S/C19H21N3/c1-14-6-10-16(11-7-14)21-19-5-3-4-18(20)22(19)17-12-8-15(2)9-13-17/h3-13,18,21H,20H2,1-2H3. The summed E-state index contributed by atoms with van der Waals surface area (Å²) in [6, 6.07) is 16.7. The Labute approximate surface area is 131 Å². The van der Waals surface area contributed by atoms with Crippen molar-refractivity contribution >= 4 is 11.4 Å². The first-order valence-corrected chi connectivity index (χ1v) is 7.47. The van der Waals surface area contributed by atoms with Crippen molar-refractivity contribution < 1.29 is 0 Å². The zero-order valence-corrected chi connectivity index (χ0v) is 13.0. The van der Waals surface area contributed by atoms with Crippen LogP contribution in [0.15, 0.2) is 72.6 Å². The van der Waals surface area contributed by atoms with Crippen LogP contribution in [0.2, 0.25) is 0 Å². The Morgan fingerprint density at radius 2 is 1.50 bits per heavy atom. The molecule has 0 saturated carbocycles. The molecular weight excluding hydrogens is 270 g/mol. The second-order valence-corrected chi connectivity index (χ2v) is 5.62. The summed E-state index contributed by atoms with van der Waals surface area (Å²) in [4.78, 5) is 2.10. The van der Waals surface area contributed by atoms with Gasteiger partial charge in [0.15, 0.2) is 0 Å². The molecule has 0 radical (unpaired) electrons. The van der Waals surface area contributed by atoms with Crippen LogP contribution < -0.4 is 16.0 Å². The molecule has 22 heavy (non-hydrogen) atoms. The molecule has 0 fully saturated rings. The minimum Gasteiger partial charge on any atom is -0.342 e. The molecule has 3 nitrogen and oxygen atoms in total. The van der Waals surface area contributed by atoms with Gasteiger partial charge in [0.2, 0.25) is 0 Å². The number of anilines is 2. The van der Waals surface area contributed by atoms with Crippen molar-refractivity contribution in [2.45, 2.75) is 20.0 Å². The molecule has 1 heterocycles. The first-order valence-electron chi connectivity index (χ1n) is 7.47. The van der Waals surface area contributed by atoms with Gasteiger partial charge >= 0.3 is 0 Å². The van der Waals surface area contributed by atoms with E-state index < -0.39 is 0 Å². The van der Waals surface area contributed by atoms with E-state index in [0.717, 1.165) is 17.2 Å². The average Bonchev–Trinajstić information content (AvgIpc) is 2.51. The molecular formula is C19H21N3. The SMILES string of the molecule is Cc1ccc(NC2=CC=CC(N)N2c2ccc(C)cc2)cc1. The van der Waals surface area contributed by atoms with Gasteiger partial charge in [-0.3, -0.25) is 0 Å². The van der Waals surface area contributed by atoms with Crippen molar-refractivity contribution in [2.75, 3.05) is 10.2 Å². The summed E-state index contributed by atoms with van der Waals surface area (Å²) in [7, 11) is 0. The number of hydrogen-bond acceptors (Lipinski definition) is 3. The van der Waals surface area contributed by atoms with Gasteiger partial charge in [-0.05, 0) is 50.3 Å². The number of nitrogens with zero attached hydrogens (tertiary/aromatic N) is 1. The van der Waals surface area contributed by atoms with E-state index in [1.165, 1.54) is 11.1 Å². The Balaban J connectivity index is 1.89. The molecule has 112 valence electrons. The number of hydrogen-bond donors (Lipinski definition) is 2. The van der Waals surface area contributed by atoms with E-state index in [-0.39, 0.29) is 6.17 Å². The highest BCUT2D eigenvalue weighted by molar-refractivity contribution is 5.62. The molecule has 1 atom stereocenters. The number of allylic oxidation sites excluding steroid dienone is 2. The van der Waals surface area contributed by atoms with E-state index in [9.17, 15) is 0 Å². The molecule has 0 bridgehead atoms. The zero-order chi connectivity index (χ0) is 15.5. The highest BCUT2D eigenvalue weighted by atomic mass is 15.3. The third-order valence-electron chi connectivity index (χ3n) is 3.76. The summed E-state index contributed by atoms with van der Waals surface area (Å²) in [6.07, 6.45) is 5.84. The molecule has 0 spiro atoms. The van der Waals surface area contributed by atoms with E-state index in [0.29, 0.717) is 0 Å². The maximum Gasteiger partial charge on any atom is 0.112 e. The second-order valence-electron chi connectivity index (χ2n) is 5.62. The lowest BCUT2D eigenvalue weighted by Crippen LogP contribution is -2.43. The van der Waals surface area contributed by atoms with Gasteiger partial charge in [0, 0.05) is 11.4 Å². The highest BCUT2D eigenvalue weighted by Gasteiger charge is 2.19. The third-order valence-corrected chi connectivity index (χ3v) is 3.76. The van der Waals surface area contributed by atoms with Crippen molar-refractivity contribution in [1.29, 1.82) is 0 Å². The normalized spacial score (nSPS) is 17.3. The molecule has 1 aliphatic rings. The van der Waals surface area contributed by atoms with Gasteiger partial charge in [0.1, 0.15) is 12.0 Å². The van der Waals surface area contributed by atoms with Gasteiger partial charge < -0.3 is 16.0 Å². The quantitative estimate of drug-likeness (QED) is 0.900. The number of nitrogens with two attached hydrogens (primary N) is 1. The van der Waals surface area contributed by atoms with E-state index >= 15 is 0 Å². The molecule has 0 amide bonds. The topological polar surface area (TPSA) is 41.3 Å². The summed E-state index contributed by atoms with van der Waals surface area (Å²) in [5, 5.41) is 3.46. The van der Waals surface area contributed by atoms with Gasteiger partial charge in [0.05, 0.1) is 0 Å². The zero-order valence-electron chi connectivity index (χ0n) is 13.0. The Morgan fingerprint density at radius 1 is 0.909 bits per heavy atom. The maximum absolute atomic E-state index is 6.28. The van der Waals surface area contributed by atoms with Gasteiger partial charge in [-0.1, -0.05) is 41.5 Å². The lowest BCUT2D eigenvalue weighted by Gasteiger charge is -2.34. The van der Waals surface area contributed by atoms with Crippen LogP contribution >= 0.6 is 0 Å². The highest BCUT2D eigenvalue weighted by Crippen LogP contribution is 2.25. The van der Waals surface area contributed by atoms with Gasteiger partial charge in [-0.15, -0.1) is 0 Å². The minimum atomic E-state index is -0.180. The summed E-state index contributed by atoms with van der Waals surface area (Å²) in [6.45, 7) is 4.17. The number of nitrogens with one attached hydrogen (secondary N) is 1. The third kappa shape index (κ3) is 3.05. The summed E-state index contributed by atoms with van der Waals surface area (Å²) in [5.41, 5.74) is 10.9. The van der Waals surface area contributed by atoms with Crippen molar-refractivity contribution in [3.8, 4) is 0 Å². The van der Waals surface area contributed by atoms with Gasteiger partial charge in [0.25, 0.3) is 0 Å². The van der Waals surface area contributed by atoms with Gasteiger partial charge in [-0.25, -0.2) is 0 Å². The molecule has 3 N–H and O–H groups in total. The van der Waals surface area contributed by atoms with Crippen LogP contribution in [-0.2, 0) is 0 Å². The Morgan fingerprint density at radius 3 is 2.14 bits per heavy atom. The maximum atomic E-state index is 6.28. The molecule has 1 aliphatic heterocycles. The van der Waals surface area contributed by atoms with E-state index in [1.54, 1.807) is 0 Å².